The van der Waals surface area contributed by atoms with Crippen LogP contribution in [-0.4, -0.2) is 41.6 Å². The quantitative estimate of drug-likeness (QED) is 0.542. The number of amides is 1. The maximum atomic E-state index is 11.7. The summed E-state index contributed by atoms with van der Waals surface area (Å²) < 4.78 is 0. The third kappa shape index (κ3) is 4.06. The number of carbonyl (C=O) groups is 1. The highest BCUT2D eigenvalue weighted by Gasteiger charge is 2.13. The first kappa shape index (κ1) is 14.5. The number of hydrogen-bond acceptors (Lipinski definition) is 6. The van der Waals surface area contributed by atoms with Crippen LogP contribution >= 0.6 is 0 Å². The molecule has 20 heavy (non-hydrogen) atoms. The Morgan fingerprint density at radius 1 is 1.20 bits per heavy atom. The molecule has 5 N–H and O–H groups in total. The van der Waals surface area contributed by atoms with E-state index in [1.807, 2.05) is 6.92 Å². The lowest BCUT2D eigenvalue weighted by Crippen LogP contribution is -2.41. The van der Waals surface area contributed by atoms with Crippen LogP contribution in [0.4, 0.5) is 11.8 Å². The average molecular weight is 278 g/mol. The lowest BCUT2D eigenvalue weighted by molar-refractivity contribution is -0.122. The topological polar surface area (TPSA) is 105 Å². The van der Waals surface area contributed by atoms with Crippen LogP contribution in [0.15, 0.2) is 6.20 Å². The van der Waals surface area contributed by atoms with E-state index in [-0.39, 0.29) is 5.91 Å². The van der Waals surface area contributed by atoms with Crippen LogP contribution in [0.2, 0.25) is 0 Å². The van der Waals surface area contributed by atoms with E-state index in [0.717, 1.165) is 30.8 Å². The summed E-state index contributed by atoms with van der Waals surface area (Å²) in [4.78, 5) is 20.4. The molecule has 1 atom stereocenters. The van der Waals surface area contributed by atoms with Gasteiger partial charge in [0, 0.05) is 31.4 Å². The molecule has 1 aromatic heterocycles. The molecule has 2 heterocycles. The van der Waals surface area contributed by atoms with Crippen molar-refractivity contribution in [2.75, 3.05) is 30.3 Å². The van der Waals surface area contributed by atoms with E-state index in [2.05, 4.69) is 25.9 Å². The maximum absolute atomic E-state index is 11.7. The maximum Gasteiger partial charge on any atom is 0.236 e. The second-order valence-electron chi connectivity index (χ2n) is 4.97. The molecule has 0 spiro atoms. The number of nitrogens with zero attached hydrogens (tertiary/aromatic N) is 2. The normalized spacial score (nSPS) is 21.1. The van der Waals surface area contributed by atoms with E-state index < -0.39 is 6.04 Å². The molecule has 0 fully saturated rings. The fraction of sp³-hybridized carbons (Fsp3) is 0.615. The molecule has 1 aliphatic heterocycles. The van der Waals surface area contributed by atoms with Gasteiger partial charge in [0.1, 0.15) is 5.82 Å². The minimum atomic E-state index is -0.435. The number of fused-ring (bicyclic) bond motifs is 2. The first-order valence-corrected chi connectivity index (χ1v) is 7.01. The summed E-state index contributed by atoms with van der Waals surface area (Å²) in [5, 5.41) is 9.25. The highest BCUT2D eigenvalue weighted by Crippen LogP contribution is 2.13. The summed E-state index contributed by atoms with van der Waals surface area (Å²) >= 11 is 0. The molecule has 0 saturated carbocycles. The van der Waals surface area contributed by atoms with Crippen molar-refractivity contribution < 1.29 is 4.79 Å². The summed E-state index contributed by atoms with van der Waals surface area (Å²) in [5.74, 6) is 1.36. The van der Waals surface area contributed by atoms with Gasteiger partial charge in [-0.15, -0.1) is 0 Å². The smallest absolute Gasteiger partial charge is 0.236 e. The van der Waals surface area contributed by atoms with E-state index in [1.165, 1.54) is 0 Å². The number of rotatable bonds is 0. The number of aryl methyl sites for hydroxylation is 1. The molecule has 2 rings (SSSR count). The largest absolute Gasteiger partial charge is 0.370 e. The summed E-state index contributed by atoms with van der Waals surface area (Å²) in [6.45, 7) is 4.02. The second-order valence-corrected chi connectivity index (χ2v) is 4.97. The zero-order valence-electron chi connectivity index (χ0n) is 11.8. The van der Waals surface area contributed by atoms with Crippen LogP contribution in [-0.2, 0) is 4.79 Å². The first-order chi connectivity index (χ1) is 9.66. The van der Waals surface area contributed by atoms with E-state index in [1.54, 1.807) is 6.20 Å². The van der Waals surface area contributed by atoms with Crippen molar-refractivity contribution in [2.45, 2.75) is 32.2 Å². The third-order valence-corrected chi connectivity index (χ3v) is 3.23. The van der Waals surface area contributed by atoms with Crippen molar-refractivity contribution >= 4 is 17.7 Å². The Hall–Kier alpha value is -1.89. The predicted molar refractivity (Wildman–Crippen MR) is 78.6 cm³/mol. The summed E-state index contributed by atoms with van der Waals surface area (Å²) in [6, 6.07) is -0.435. The van der Waals surface area contributed by atoms with Gasteiger partial charge < -0.3 is 21.7 Å². The highest BCUT2D eigenvalue weighted by atomic mass is 16.2. The standard InChI is InChI=1S/C13H22N6O/c1-9-8-18-13-17-7-3-6-16-12(20)10(14)4-2-5-15-11(9)19-13/h8,10H,2-7,14H2,1H3,(H,16,20)(H2,15,17,18,19). The van der Waals surface area contributed by atoms with E-state index in [9.17, 15) is 4.79 Å². The van der Waals surface area contributed by atoms with Gasteiger partial charge in [-0.05, 0) is 26.2 Å². The Bertz CT molecular complexity index is 464. The molecule has 0 aliphatic carbocycles. The Labute approximate surface area is 118 Å². The number of hydrogen-bond donors (Lipinski definition) is 4. The van der Waals surface area contributed by atoms with Crippen LogP contribution in [0.3, 0.4) is 0 Å². The van der Waals surface area contributed by atoms with Crippen LogP contribution in [0, 0.1) is 6.92 Å². The zero-order valence-corrected chi connectivity index (χ0v) is 11.8. The Morgan fingerprint density at radius 2 is 1.95 bits per heavy atom. The Kier molecular flexibility index (Phi) is 5.11. The van der Waals surface area contributed by atoms with Crippen molar-refractivity contribution in [3.8, 4) is 0 Å². The molecule has 1 aliphatic rings. The molecular formula is C13H22N6O. The van der Waals surface area contributed by atoms with Crippen LogP contribution in [0.1, 0.15) is 24.8 Å². The second kappa shape index (κ2) is 7.04. The number of carbonyl (C=O) groups excluding carboxylic acids is 1. The predicted octanol–water partition coefficient (Wildman–Crippen LogP) is 0.236. The number of nitrogens with one attached hydrogen (secondary N) is 3. The van der Waals surface area contributed by atoms with Gasteiger partial charge in [0.25, 0.3) is 0 Å². The monoisotopic (exact) mass is 278 g/mol. The zero-order chi connectivity index (χ0) is 14.4. The fourth-order valence-electron chi connectivity index (χ4n) is 2.00. The minimum absolute atomic E-state index is 0.0759. The molecule has 7 heteroatoms. The summed E-state index contributed by atoms with van der Waals surface area (Å²) in [6.07, 6.45) is 4.09. The number of aromatic nitrogens is 2. The molecule has 0 radical (unpaired) electrons. The summed E-state index contributed by atoms with van der Waals surface area (Å²) in [5.41, 5.74) is 6.84. The van der Waals surface area contributed by atoms with Gasteiger partial charge in [-0.25, -0.2) is 4.98 Å². The first-order valence-electron chi connectivity index (χ1n) is 7.01. The van der Waals surface area contributed by atoms with Gasteiger partial charge in [-0.3, -0.25) is 4.79 Å². The molecule has 1 amide bonds. The molecule has 7 nitrogen and oxygen atoms in total. The molecule has 1 aromatic rings. The Balaban J connectivity index is 2.03. The number of anilines is 2. The Morgan fingerprint density at radius 3 is 2.80 bits per heavy atom. The molecule has 0 saturated heterocycles. The molecule has 1 unspecified atom stereocenters. The van der Waals surface area contributed by atoms with Gasteiger partial charge in [0.05, 0.1) is 6.04 Å². The lowest BCUT2D eigenvalue weighted by Gasteiger charge is -2.15. The molecule has 2 bridgehead atoms. The van der Waals surface area contributed by atoms with E-state index in [0.29, 0.717) is 25.5 Å². The van der Waals surface area contributed by atoms with Crippen LogP contribution in [0.25, 0.3) is 0 Å². The SMILES string of the molecule is Cc1cnc2nc1NCCCC(N)C(=O)NCCCN2. The van der Waals surface area contributed by atoms with Crippen molar-refractivity contribution in [1.82, 2.24) is 15.3 Å². The van der Waals surface area contributed by atoms with E-state index in [4.69, 9.17) is 5.73 Å². The number of nitrogens with two attached hydrogens (primary N) is 1. The highest BCUT2D eigenvalue weighted by molar-refractivity contribution is 5.81. The van der Waals surface area contributed by atoms with Crippen molar-refractivity contribution in [1.29, 1.82) is 0 Å². The van der Waals surface area contributed by atoms with Gasteiger partial charge in [-0.2, -0.15) is 4.98 Å². The van der Waals surface area contributed by atoms with Crippen molar-refractivity contribution in [3.63, 3.8) is 0 Å². The van der Waals surface area contributed by atoms with Gasteiger partial charge in [-0.1, -0.05) is 0 Å². The van der Waals surface area contributed by atoms with Crippen LogP contribution in [0.5, 0.6) is 0 Å². The fourth-order valence-corrected chi connectivity index (χ4v) is 2.00. The van der Waals surface area contributed by atoms with Crippen LogP contribution < -0.4 is 21.7 Å². The van der Waals surface area contributed by atoms with Crippen molar-refractivity contribution in [3.05, 3.63) is 11.8 Å². The summed E-state index contributed by atoms with van der Waals surface area (Å²) in [7, 11) is 0. The van der Waals surface area contributed by atoms with Gasteiger partial charge in [0.15, 0.2) is 0 Å². The molecular weight excluding hydrogens is 256 g/mol. The molecule has 0 aromatic carbocycles. The minimum Gasteiger partial charge on any atom is -0.370 e. The van der Waals surface area contributed by atoms with Gasteiger partial charge in [0.2, 0.25) is 11.9 Å². The lowest BCUT2D eigenvalue weighted by atomic mass is 10.1. The van der Waals surface area contributed by atoms with E-state index >= 15 is 0 Å². The third-order valence-electron chi connectivity index (χ3n) is 3.23. The molecule has 110 valence electrons. The van der Waals surface area contributed by atoms with Crippen molar-refractivity contribution in [2.24, 2.45) is 5.73 Å². The van der Waals surface area contributed by atoms with Gasteiger partial charge >= 0.3 is 0 Å². The average Bonchev–Trinajstić information content (AvgIpc) is 2.44.